The molecule has 0 aliphatic rings. The van der Waals surface area contributed by atoms with Crippen molar-refractivity contribution in [1.29, 1.82) is 0 Å². The number of hydrazine groups is 1. The van der Waals surface area contributed by atoms with Crippen LogP contribution >= 0.6 is 34.8 Å². The number of hydrogen-bond donors (Lipinski definition) is 3. The van der Waals surface area contributed by atoms with Gasteiger partial charge in [0.1, 0.15) is 5.82 Å². The normalized spacial score (nSPS) is 12.1. The van der Waals surface area contributed by atoms with Crippen molar-refractivity contribution < 1.29 is 0 Å². The van der Waals surface area contributed by atoms with E-state index in [2.05, 4.69) is 15.7 Å². The molecule has 2 rings (SSSR count). The van der Waals surface area contributed by atoms with Crippen LogP contribution in [-0.2, 0) is 0 Å². The molecule has 106 valence electrons. The molecule has 0 radical (unpaired) electrons. The van der Waals surface area contributed by atoms with Crippen molar-refractivity contribution >= 4 is 46.4 Å². The van der Waals surface area contributed by atoms with E-state index in [9.17, 15) is 0 Å². The Morgan fingerprint density at radius 3 is 2.35 bits per heavy atom. The van der Waals surface area contributed by atoms with Crippen LogP contribution in [0.5, 0.6) is 0 Å². The summed E-state index contributed by atoms with van der Waals surface area (Å²) in [5.74, 6) is 6.18. The summed E-state index contributed by atoms with van der Waals surface area (Å²) >= 11 is 18.2. The van der Waals surface area contributed by atoms with Gasteiger partial charge in [-0.3, -0.25) is 0 Å². The molecule has 1 aromatic heterocycles. The summed E-state index contributed by atoms with van der Waals surface area (Å²) in [6.07, 6.45) is 0. The highest BCUT2D eigenvalue weighted by Gasteiger charge is 2.13. The number of rotatable bonds is 4. The average Bonchev–Trinajstić information content (AvgIpc) is 2.42. The van der Waals surface area contributed by atoms with Crippen LogP contribution in [0.4, 0.5) is 11.6 Å². The van der Waals surface area contributed by atoms with E-state index in [1.807, 2.05) is 31.2 Å². The third-order valence-corrected chi connectivity index (χ3v) is 3.71. The highest BCUT2D eigenvalue weighted by molar-refractivity contribution is 6.37. The number of benzene rings is 1. The Kier molecular flexibility index (Phi) is 4.94. The fraction of sp³-hybridized carbons (Fsp3) is 0.154. The Hall–Kier alpha value is -1.20. The van der Waals surface area contributed by atoms with Crippen LogP contribution in [0.1, 0.15) is 18.5 Å². The van der Waals surface area contributed by atoms with Crippen LogP contribution in [0.15, 0.2) is 30.3 Å². The van der Waals surface area contributed by atoms with Crippen LogP contribution < -0.4 is 16.6 Å². The molecule has 2 aromatic rings. The molecule has 0 aliphatic carbocycles. The van der Waals surface area contributed by atoms with E-state index in [4.69, 9.17) is 40.6 Å². The van der Waals surface area contributed by atoms with Gasteiger partial charge in [-0.1, -0.05) is 53.0 Å². The minimum Gasteiger partial charge on any atom is -0.362 e. The fourth-order valence-electron chi connectivity index (χ4n) is 1.78. The highest BCUT2D eigenvalue weighted by Crippen LogP contribution is 2.32. The lowest BCUT2D eigenvalue weighted by Crippen LogP contribution is -2.13. The Bertz CT molecular complexity index is 619. The van der Waals surface area contributed by atoms with E-state index in [0.29, 0.717) is 26.7 Å². The molecule has 20 heavy (non-hydrogen) atoms. The first-order valence-corrected chi connectivity index (χ1v) is 7.00. The van der Waals surface area contributed by atoms with E-state index in [1.165, 1.54) is 0 Å². The summed E-state index contributed by atoms with van der Waals surface area (Å²) < 4.78 is 0. The lowest BCUT2D eigenvalue weighted by Gasteiger charge is -2.18. The average molecular weight is 332 g/mol. The second kappa shape index (κ2) is 6.50. The molecule has 1 atom stereocenters. The molecule has 7 heteroatoms. The third-order valence-electron chi connectivity index (χ3n) is 2.79. The van der Waals surface area contributed by atoms with Gasteiger partial charge in [0.25, 0.3) is 0 Å². The van der Waals surface area contributed by atoms with Crippen molar-refractivity contribution in [2.45, 2.75) is 13.0 Å². The molecular formula is C13H13Cl3N4. The Morgan fingerprint density at radius 1 is 1.05 bits per heavy atom. The Balaban J connectivity index is 2.28. The second-order valence-electron chi connectivity index (χ2n) is 4.18. The number of nitrogen functional groups attached to an aromatic ring is 1. The summed E-state index contributed by atoms with van der Waals surface area (Å²) in [6.45, 7) is 1.96. The van der Waals surface area contributed by atoms with Gasteiger partial charge in [-0.15, -0.1) is 0 Å². The number of anilines is 2. The number of nitrogens with one attached hydrogen (secondary N) is 2. The van der Waals surface area contributed by atoms with Crippen molar-refractivity contribution in [2.24, 2.45) is 5.84 Å². The first-order valence-electron chi connectivity index (χ1n) is 5.86. The molecule has 4 nitrogen and oxygen atoms in total. The first kappa shape index (κ1) is 15.2. The summed E-state index contributed by atoms with van der Waals surface area (Å²) in [7, 11) is 0. The quantitative estimate of drug-likeness (QED) is 0.570. The molecule has 1 unspecified atom stereocenters. The summed E-state index contributed by atoms with van der Waals surface area (Å²) in [5.41, 5.74) is 3.37. The monoisotopic (exact) mass is 330 g/mol. The van der Waals surface area contributed by atoms with Crippen molar-refractivity contribution in [2.75, 3.05) is 10.7 Å². The maximum Gasteiger partial charge on any atom is 0.161 e. The Morgan fingerprint density at radius 2 is 1.70 bits per heavy atom. The molecular weight excluding hydrogens is 319 g/mol. The fourth-order valence-corrected chi connectivity index (χ4v) is 2.55. The number of nitrogens with two attached hydrogens (primary N) is 1. The van der Waals surface area contributed by atoms with E-state index in [1.54, 1.807) is 6.07 Å². The van der Waals surface area contributed by atoms with Crippen LogP contribution in [0.25, 0.3) is 0 Å². The minimum absolute atomic E-state index is 0.0690. The summed E-state index contributed by atoms with van der Waals surface area (Å²) in [6, 6.07) is 9.07. The molecule has 0 fully saturated rings. The first-order chi connectivity index (χ1) is 9.52. The van der Waals surface area contributed by atoms with Gasteiger partial charge in [-0.25, -0.2) is 10.8 Å². The van der Waals surface area contributed by atoms with Gasteiger partial charge in [0.05, 0.1) is 16.1 Å². The lowest BCUT2D eigenvalue weighted by molar-refractivity contribution is 0.875. The Labute approximate surface area is 132 Å². The van der Waals surface area contributed by atoms with Crippen molar-refractivity contribution in [3.8, 4) is 0 Å². The van der Waals surface area contributed by atoms with Gasteiger partial charge in [-0.2, -0.15) is 0 Å². The molecule has 1 heterocycles. The van der Waals surface area contributed by atoms with Gasteiger partial charge in [0.15, 0.2) is 5.82 Å². The zero-order valence-electron chi connectivity index (χ0n) is 10.6. The topological polar surface area (TPSA) is 63.0 Å². The van der Waals surface area contributed by atoms with E-state index in [-0.39, 0.29) is 6.04 Å². The highest BCUT2D eigenvalue weighted by atomic mass is 35.5. The number of nitrogens with zero attached hydrogens (tertiary/aromatic N) is 1. The van der Waals surface area contributed by atoms with Crippen LogP contribution in [0.2, 0.25) is 15.1 Å². The lowest BCUT2D eigenvalue weighted by atomic mass is 10.1. The zero-order valence-corrected chi connectivity index (χ0v) is 12.9. The second-order valence-corrected chi connectivity index (χ2v) is 5.40. The standard InChI is InChI=1S/C13H13Cl3N4/c1-7(8-4-2-3-5-9(8)14)18-12-10(15)6-11(16)13(19-12)20-17/h2-7H,17H2,1H3,(H2,18,19,20). The number of halogens is 3. The number of pyridine rings is 1. The largest absolute Gasteiger partial charge is 0.362 e. The van der Waals surface area contributed by atoms with Gasteiger partial charge in [0, 0.05) is 5.02 Å². The van der Waals surface area contributed by atoms with Crippen molar-refractivity contribution in [3.05, 3.63) is 51.0 Å². The number of aromatic nitrogens is 1. The summed E-state index contributed by atoms with van der Waals surface area (Å²) in [4.78, 5) is 4.23. The van der Waals surface area contributed by atoms with E-state index in [0.717, 1.165) is 5.56 Å². The molecule has 0 aliphatic heterocycles. The maximum absolute atomic E-state index is 6.16. The molecule has 0 saturated carbocycles. The van der Waals surface area contributed by atoms with Crippen molar-refractivity contribution in [3.63, 3.8) is 0 Å². The minimum atomic E-state index is -0.0690. The van der Waals surface area contributed by atoms with E-state index < -0.39 is 0 Å². The predicted molar refractivity (Wildman–Crippen MR) is 85.6 cm³/mol. The van der Waals surface area contributed by atoms with Crippen LogP contribution in [0, 0.1) is 0 Å². The molecule has 1 aromatic carbocycles. The zero-order chi connectivity index (χ0) is 14.7. The van der Waals surface area contributed by atoms with Gasteiger partial charge < -0.3 is 10.7 Å². The maximum atomic E-state index is 6.16. The van der Waals surface area contributed by atoms with Crippen molar-refractivity contribution in [1.82, 2.24) is 4.98 Å². The van der Waals surface area contributed by atoms with Crippen LogP contribution in [-0.4, -0.2) is 4.98 Å². The van der Waals surface area contributed by atoms with E-state index >= 15 is 0 Å². The van der Waals surface area contributed by atoms with Gasteiger partial charge in [-0.05, 0) is 24.6 Å². The molecule has 4 N–H and O–H groups in total. The molecule has 0 amide bonds. The van der Waals surface area contributed by atoms with Gasteiger partial charge >= 0.3 is 0 Å². The summed E-state index contributed by atoms with van der Waals surface area (Å²) in [5, 5.41) is 4.63. The number of hydrogen-bond acceptors (Lipinski definition) is 4. The SMILES string of the molecule is CC(Nc1nc(NN)c(Cl)cc1Cl)c1ccccc1Cl. The molecule has 0 spiro atoms. The van der Waals surface area contributed by atoms with Gasteiger partial charge in [0.2, 0.25) is 0 Å². The van der Waals surface area contributed by atoms with Crippen LogP contribution in [0.3, 0.4) is 0 Å². The predicted octanol–water partition coefficient (Wildman–Crippen LogP) is 4.50. The smallest absolute Gasteiger partial charge is 0.161 e. The molecule has 0 saturated heterocycles. The third kappa shape index (κ3) is 3.27. The molecule has 0 bridgehead atoms.